The summed E-state index contributed by atoms with van der Waals surface area (Å²) in [7, 11) is 0. The molecular formula is C11H13FN2S. The Bertz CT molecular complexity index is 379. The quantitative estimate of drug-likeness (QED) is 0.834. The summed E-state index contributed by atoms with van der Waals surface area (Å²) in [6.45, 7) is 3.65. The Balaban J connectivity index is 1.88. The van der Waals surface area contributed by atoms with Crippen molar-refractivity contribution in [3.8, 4) is 0 Å². The molecule has 1 heterocycles. The van der Waals surface area contributed by atoms with Crippen molar-refractivity contribution in [2.24, 2.45) is 4.99 Å². The molecule has 4 heteroatoms. The highest BCUT2D eigenvalue weighted by atomic mass is 32.2. The molecule has 1 unspecified atom stereocenters. The minimum Gasteiger partial charge on any atom is -0.361 e. The molecule has 0 saturated heterocycles. The molecule has 80 valence electrons. The smallest absolute Gasteiger partial charge is 0.157 e. The van der Waals surface area contributed by atoms with Crippen LogP contribution in [0.5, 0.6) is 0 Å². The first-order valence-electron chi connectivity index (χ1n) is 4.93. The van der Waals surface area contributed by atoms with Gasteiger partial charge in [-0.25, -0.2) is 4.39 Å². The van der Waals surface area contributed by atoms with E-state index in [1.807, 2.05) is 6.07 Å². The molecule has 15 heavy (non-hydrogen) atoms. The second kappa shape index (κ2) is 4.66. The molecular weight excluding hydrogens is 211 g/mol. The molecule has 0 aliphatic carbocycles. The van der Waals surface area contributed by atoms with Gasteiger partial charge in [0.15, 0.2) is 5.17 Å². The van der Waals surface area contributed by atoms with E-state index in [1.54, 1.807) is 17.8 Å². The van der Waals surface area contributed by atoms with Crippen molar-refractivity contribution in [2.75, 3.05) is 6.54 Å². The Kier molecular flexibility index (Phi) is 3.26. The van der Waals surface area contributed by atoms with Crippen molar-refractivity contribution in [2.45, 2.75) is 18.7 Å². The van der Waals surface area contributed by atoms with E-state index < -0.39 is 0 Å². The van der Waals surface area contributed by atoms with Crippen LogP contribution in [0, 0.1) is 5.82 Å². The molecule has 0 spiro atoms. The fraction of sp³-hybridized carbons (Fsp3) is 0.364. The number of thioether (sulfide) groups is 1. The van der Waals surface area contributed by atoms with Crippen molar-refractivity contribution in [1.82, 2.24) is 5.32 Å². The zero-order valence-corrected chi connectivity index (χ0v) is 9.35. The lowest BCUT2D eigenvalue weighted by Crippen LogP contribution is -2.18. The topological polar surface area (TPSA) is 24.4 Å². The highest BCUT2D eigenvalue weighted by molar-refractivity contribution is 8.14. The molecule has 2 rings (SSSR count). The van der Waals surface area contributed by atoms with Crippen LogP contribution < -0.4 is 5.32 Å². The predicted molar refractivity (Wildman–Crippen MR) is 62.6 cm³/mol. The molecule has 0 fully saturated rings. The third-order valence-electron chi connectivity index (χ3n) is 2.14. The normalized spacial score (nSPS) is 20.1. The van der Waals surface area contributed by atoms with Crippen molar-refractivity contribution in [1.29, 1.82) is 0 Å². The Morgan fingerprint density at radius 3 is 3.13 bits per heavy atom. The van der Waals surface area contributed by atoms with Crippen LogP contribution in [0.3, 0.4) is 0 Å². The number of halogens is 1. The van der Waals surface area contributed by atoms with Crippen LogP contribution in [0.1, 0.15) is 12.5 Å². The molecule has 0 saturated carbocycles. The van der Waals surface area contributed by atoms with Crippen LogP contribution in [-0.2, 0) is 6.54 Å². The maximum Gasteiger partial charge on any atom is 0.157 e. The minimum atomic E-state index is -0.191. The second-order valence-corrected chi connectivity index (χ2v) is 4.98. The standard InChI is InChI=1S/C11H13FN2S/c1-8-6-13-11(15-8)14-7-9-3-2-4-10(12)5-9/h2-5,8H,6-7H2,1H3,(H,13,14). The van der Waals surface area contributed by atoms with Gasteiger partial charge in [0.2, 0.25) is 0 Å². The maximum absolute atomic E-state index is 12.9. The van der Waals surface area contributed by atoms with Gasteiger partial charge in [0.25, 0.3) is 0 Å². The molecule has 1 aromatic carbocycles. The number of amidine groups is 1. The number of aliphatic imine (C=N–C) groups is 1. The molecule has 1 atom stereocenters. The molecule has 0 amide bonds. The van der Waals surface area contributed by atoms with E-state index in [1.165, 1.54) is 12.1 Å². The Labute approximate surface area is 93.0 Å². The molecule has 1 aliphatic rings. The first kappa shape index (κ1) is 10.5. The van der Waals surface area contributed by atoms with Crippen molar-refractivity contribution >= 4 is 16.9 Å². The molecule has 1 aromatic rings. The summed E-state index contributed by atoms with van der Waals surface area (Å²) in [5.41, 5.74) is 0.942. The van der Waals surface area contributed by atoms with Crippen molar-refractivity contribution < 1.29 is 4.39 Å². The lowest BCUT2D eigenvalue weighted by molar-refractivity contribution is 0.625. The molecule has 1 aliphatic heterocycles. The second-order valence-electron chi connectivity index (χ2n) is 3.56. The Morgan fingerprint density at radius 2 is 2.47 bits per heavy atom. The molecule has 1 N–H and O–H groups in total. The zero-order valence-electron chi connectivity index (χ0n) is 8.53. The number of nitrogens with one attached hydrogen (secondary N) is 1. The SMILES string of the molecule is CC1CN=C(NCc2cccc(F)c2)S1. The third-order valence-corrected chi connectivity index (χ3v) is 3.19. The highest BCUT2D eigenvalue weighted by Crippen LogP contribution is 2.18. The Morgan fingerprint density at radius 1 is 1.60 bits per heavy atom. The van der Waals surface area contributed by atoms with Gasteiger partial charge in [0, 0.05) is 11.8 Å². The van der Waals surface area contributed by atoms with Crippen molar-refractivity contribution in [3.63, 3.8) is 0 Å². The number of hydrogen-bond donors (Lipinski definition) is 1. The van der Waals surface area contributed by atoms with Gasteiger partial charge >= 0.3 is 0 Å². The zero-order chi connectivity index (χ0) is 10.7. The maximum atomic E-state index is 12.9. The van der Waals surface area contributed by atoms with E-state index in [0.29, 0.717) is 11.8 Å². The molecule has 0 radical (unpaired) electrons. The summed E-state index contributed by atoms with van der Waals surface area (Å²) in [6.07, 6.45) is 0. The summed E-state index contributed by atoms with van der Waals surface area (Å²) >= 11 is 1.73. The predicted octanol–water partition coefficient (Wildman–Crippen LogP) is 2.41. The van der Waals surface area contributed by atoms with E-state index in [0.717, 1.165) is 17.3 Å². The van der Waals surface area contributed by atoms with Crippen LogP contribution in [0.2, 0.25) is 0 Å². The van der Waals surface area contributed by atoms with Crippen LogP contribution in [0.15, 0.2) is 29.3 Å². The van der Waals surface area contributed by atoms with Gasteiger partial charge in [-0.3, -0.25) is 4.99 Å². The number of rotatable bonds is 2. The third kappa shape index (κ3) is 2.96. The Hall–Kier alpha value is -1.03. The van der Waals surface area contributed by atoms with E-state index in [-0.39, 0.29) is 5.82 Å². The molecule has 2 nitrogen and oxygen atoms in total. The summed E-state index contributed by atoms with van der Waals surface area (Å²) in [6, 6.07) is 6.61. The number of benzene rings is 1. The van der Waals surface area contributed by atoms with Crippen LogP contribution in [-0.4, -0.2) is 17.0 Å². The molecule has 0 bridgehead atoms. The highest BCUT2D eigenvalue weighted by Gasteiger charge is 2.13. The van der Waals surface area contributed by atoms with Gasteiger partial charge in [0.1, 0.15) is 5.82 Å². The lowest BCUT2D eigenvalue weighted by Gasteiger charge is -2.05. The van der Waals surface area contributed by atoms with Gasteiger partial charge < -0.3 is 5.32 Å². The first-order chi connectivity index (χ1) is 7.24. The van der Waals surface area contributed by atoms with Crippen LogP contribution in [0.25, 0.3) is 0 Å². The van der Waals surface area contributed by atoms with E-state index in [9.17, 15) is 4.39 Å². The average molecular weight is 224 g/mol. The lowest BCUT2D eigenvalue weighted by atomic mass is 10.2. The summed E-state index contributed by atoms with van der Waals surface area (Å²) in [5.74, 6) is -0.191. The van der Waals surface area contributed by atoms with Crippen molar-refractivity contribution in [3.05, 3.63) is 35.6 Å². The van der Waals surface area contributed by atoms with Gasteiger partial charge in [0.05, 0.1) is 6.54 Å². The van der Waals surface area contributed by atoms with E-state index >= 15 is 0 Å². The number of nitrogens with zero attached hydrogens (tertiary/aromatic N) is 1. The van der Waals surface area contributed by atoms with Gasteiger partial charge in [-0.15, -0.1) is 0 Å². The molecule has 0 aromatic heterocycles. The van der Waals surface area contributed by atoms with Gasteiger partial charge in [-0.05, 0) is 17.7 Å². The van der Waals surface area contributed by atoms with E-state index in [2.05, 4.69) is 17.2 Å². The minimum absolute atomic E-state index is 0.191. The van der Waals surface area contributed by atoms with Gasteiger partial charge in [-0.2, -0.15) is 0 Å². The van der Waals surface area contributed by atoms with Crippen LogP contribution >= 0.6 is 11.8 Å². The monoisotopic (exact) mass is 224 g/mol. The number of hydrogen-bond acceptors (Lipinski definition) is 3. The van der Waals surface area contributed by atoms with Crippen LogP contribution in [0.4, 0.5) is 4.39 Å². The first-order valence-corrected chi connectivity index (χ1v) is 5.81. The van der Waals surface area contributed by atoms with Gasteiger partial charge in [-0.1, -0.05) is 30.8 Å². The summed E-state index contributed by atoms with van der Waals surface area (Å²) in [5, 5.41) is 4.72. The average Bonchev–Trinajstić information content (AvgIpc) is 2.62. The largest absolute Gasteiger partial charge is 0.361 e. The summed E-state index contributed by atoms with van der Waals surface area (Å²) in [4.78, 5) is 4.33. The fourth-order valence-electron chi connectivity index (χ4n) is 1.40. The fourth-order valence-corrected chi connectivity index (χ4v) is 2.23. The summed E-state index contributed by atoms with van der Waals surface area (Å²) < 4.78 is 12.9. The van der Waals surface area contributed by atoms with E-state index in [4.69, 9.17) is 0 Å².